The molecule has 0 spiro atoms. The van der Waals surface area contributed by atoms with E-state index in [0.29, 0.717) is 19.8 Å². The van der Waals surface area contributed by atoms with E-state index in [1.807, 2.05) is 11.8 Å². The van der Waals surface area contributed by atoms with Gasteiger partial charge in [0.05, 0.1) is 6.54 Å². The van der Waals surface area contributed by atoms with E-state index in [9.17, 15) is 9.59 Å². The summed E-state index contributed by atoms with van der Waals surface area (Å²) in [5.41, 5.74) is 0. The third kappa shape index (κ3) is 4.95. The SMILES string of the molecule is CCC(C)NC(=O)CN1CCN(C(=O)C2CCOCC2)CC1. The summed E-state index contributed by atoms with van der Waals surface area (Å²) in [7, 11) is 0. The van der Waals surface area contributed by atoms with Crippen molar-refractivity contribution in [1.82, 2.24) is 15.1 Å². The minimum atomic E-state index is 0.0820. The molecule has 2 aliphatic heterocycles. The molecule has 0 bridgehead atoms. The van der Waals surface area contributed by atoms with Gasteiger partial charge in [-0.15, -0.1) is 0 Å². The summed E-state index contributed by atoms with van der Waals surface area (Å²) in [6.45, 7) is 8.93. The first-order chi connectivity index (χ1) is 10.6. The zero-order valence-electron chi connectivity index (χ0n) is 13.8. The highest BCUT2D eigenvalue weighted by Crippen LogP contribution is 2.18. The molecular weight excluding hydrogens is 282 g/mol. The molecule has 2 saturated heterocycles. The molecule has 2 fully saturated rings. The van der Waals surface area contributed by atoms with Crippen molar-refractivity contribution in [2.24, 2.45) is 5.92 Å². The minimum Gasteiger partial charge on any atom is -0.381 e. The molecule has 6 heteroatoms. The summed E-state index contributed by atoms with van der Waals surface area (Å²) >= 11 is 0. The average Bonchev–Trinajstić information content (AvgIpc) is 2.55. The van der Waals surface area contributed by atoms with Crippen molar-refractivity contribution in [2.75, 3.05) is 45.9 Å². The van der Waals surface area contributed by atoms with E-state index < -0.39 is 0 Å². The fourth-order valence-corrected chi connectivity index (χ4v) is 2.95. The van der Waals surface area contributed by atoms with E-state index in [1.54, 1.807) is 0 Å². The Bertz CT molecular complexity index is 375. The monoisotopic (exact) mass is 311 g/mol. The molecule has 126 valence electrons. The predicted molar refractivity (Wildman–Crippen MR) is 84.5 cm³/mol. The number of rotatable bonds is 5. The highest BCUT2D eigenvalue weighted by molar-refractivity contribution is 5.79. The van der Waals surface area contributed by atoms with Crippen LogP contribution in [0.15, 0.2) is 0 Å². The lowest BCUT2D eigenvalue weighted by Gasteiger charge is -2.36. The first-order valence-electron chi connectivity index (χ1n) is 8.48. The summed E-state index contributed by atoms with van der Waals surface area (Å²) < 4.78 is 5.32. The molecule has 6 nitrogen and oxygen atoms in total. The lowest BCUT2D eigenvalue weighted by molar-refractivity contribution is -0.140. The number of piperazine rings is 1. The second-order valence-electron chi connectivity index (χ2n) is 6.36. The third-order valence-electron chi connectivity index (χ3n) is 4.64. The fraction of sp³-hybridized carbons (Fsp3) is 0.875. The molecule has 2 amide bonds. The van der Waals surface area contributed by atoms with E-state index in [0.717, 1.165) is 45.4 Å². The van der Waals surface area contributed by atoms with Gasteiger partial charge in [0.15, 0.2) is 0 Å². The van der Waals surface area contributed by atoms with E-state index >= 15 is 0 Å². The molecule has 0 aromatic carbocycles. The van der Waals surface area contributed by atoms with Crippen molar-refractivity contribution in [3.63, 3.8) is 0 Å². The first kappa shape index (κ1) is 17.2. The molecule has 1 N–H and O–H groups in total. The Morgan fingerprint density at radius 3 is 2.41 bits per heavy atom. The fourth-order valence-electron chi connectivity index (χ4n) is 2.95. The largest absolute Gasteiger partial charge is 0.381 e. The quantitative estimate of drug-likeness (QED) is 0.802. The second kappa shape index (κ2) is 8.48. The second-order valence-corrected chi connectivity index (χ2v) is 6.36. The number of hydrogen-bond acceptors (Lipinski definition) is 4. The number of nitrogens with one attached hydrogen (secondary N) is 1. The number of carbonyl (C=O) groups excluding carboxylic acids is 2. The lowest BCUT2D eigenvalue weighted by Crippen LogP contribution is -2.53. The molecule has 0 radical (unpaired) electrons. The predicted octanol–water partition coefficient (Wildman–Crippen LogP) is 0.472. The van der Waals surface area contributed by atoms with Gasteiger partial charge in [0.25, 0.3) is 0 Å². The Labute approximate surface area is 133 Å². The Morgan fingerprint density at radius 2 is 1.82 bits per heavy atom. The number of hydrogen-bond donors (Lipinski definition) is 1. The number of carbonyl (C=O) groups is 2. The van der Waals surface area contributed by atoms with Crippen LogP contribution in [-0.2, 0) is 14.3 Å². The number of ether oxygens (including phenoxy) is 1. The molecular formula is C16H29N3O3. The van der Waals surface area contributed by atoms with Crippen molar-refractivity contribution >= 4 is 11.8 Å². The van der Waals surface area contributed by atoms with Gasteiger partial charge in [-0.25, -0.2) is 0 Å². The van der Waals surface area contributed by atoms with Gasteiger partial charge >= 0.3 is 0 Å². The van der Waals surface area contributed by atoms with Gasteiger partial charge < -0.3 is 15.0 Å². The first-order valence-corrected chi connectivity index (χ1v) is 8.48. The van der Waals surface area contributed by atoms with Crippen LogP contribution < -0.4 is 5.32 Å². The maximum atomic E-state index is 12.4. The van der Waals surface area contributed by atoms with Crippen LogP contribution in [0.1, 0.15) is 33.1 Å². The van der Waals surface area contributed by atoms with Gasteiger partial charge in [-0.1, -0.05) is 6.92 Å². The molecule has 0 aromatic heterocycles. The average molecular weight is 311 g/mol. The Balaban J connectivity index is 1.71. The Morgan fingerprint density at radius 1 is 1.18 bits per heavy atom. The van der Waals surface area contributed by atoms with E-state index in [2.05, 4.69) is 17.1 Å². The van der Waals surface area contributed by atoms with Gasteiger partial charge in [0.2, 0.25) is 11.8 Å². The van der Waals surface area contributed by atoms with Crippen LogP contribution in [0.25, 0.3) is 0 Å². The van der Waals surface area contributed by atoms with Gasteiger partial charge in [0, 0.05) is 51.4 Å². The number of amides is 2. The van der Waals surface area contributed by atoms with Crippen LogP contribution in [0.3, 0.4) is 0 Å². The van der Waals surface area contributed by atoms with Gasteiger partial charge in [0.1, 0.15) is 0 Å². The van der Waals surface area contributed by atoms with Crippen molar-refractivity contribution in [3.05, 3.63) is 0 Å². The summed E-state index contributed by atoms with van der Waals surface area (Å²) in [5, 5.41) is 2.99. The van der Waals surface area contributed by atoms with Crippen LogP contribution in [0, 0.1) is 5.92 Å². The van der Waals surface area contributed by atoms with Crippen LogP contribution >= 0.6 is 0 Å². The van der Waals surface area contributed by atoms with Crippen LogP contribution in [0.4, 0.5) is 0 Å². The molecule has 2 aliphatic rings. The van der Waals surface area contributed by atoms with Crippen LogP contribution in [0.2, 0.25) is 0 Å². The molecule has 22 heavy (non-hydrogen) atoms. The van der Waals surface area contributed by atoms with Crippen molar-refractivity contribution in [1.29, 1.82) is 0 Å². The normalized spacial score (nSPS) is 22.4. The summed E-state index contributed by atoms with van der Waals surface area (Å²) in [4.78, 5) is 28.4. The minimum absolute atomic E-state index is 0.0820. The van der Waals surface area contributed by atoms with E-state index in [1.165, 1.54) is 0 Å². The maximum absolute atomic E-state index is 12.4. The molecule has 0 saturated carbocycles. The number of nitrogens with zero attached hydrogens (tertiary/aromatic N) is 2. The molecule has 0 aromatic rings. The summed E-state index contributed by atoms with van der Waals surface area (Å²) in [6, 6.07) is 0.226. The zero-order valence-corrected chi connectivity index (χ0v) is 13.8. The van der Waals surface area contributed by atoms with Gasteiger partial charge in [-0.3, -0.25) is 14.5 Å². The molecule has 2 rings (SSSR count). The molecule has 1 atom stereocenters. The van der Waals surface area contributed by atoms with Crippen molar-refractivity contribution in [3.8, 4) is 0 Å². The molecule has 0 aliphatic carbocycles. The topological polar surface area (TPSA) is 61.9 Å². The zero-order chi connectivity index (χ0) is 15.9. The molecule has 2 heterocycles. The standard InChI is InChI=1S/C16H29N3O3/c1-3-13(2)17-15(20)12-18-6-8-19(9-7-18)16(21)14-4-10-22-11-5-14/h13-14H,3-12H2,1-2H3,(H,17,20). The van der Waals surface area contributed by atoms with E-state index in [4.69, 9.17) is 4.74 Å². The molecule has 1 unspecified atom stereocenters. The van der Waals surface area contributed by atoms with Crippen molar-refractivity contribution < 1.29 is 14.3 Å². The maximum Gasteiger partial charge on any atom is 0.234 e. The van der Waals surface area contributed by atoms with Crippen molar-refractivity contribution in [2.45, 2.75) is 39.2 Å². The van der Waals surface area contributed by atoms with E-state index in [-0.39, 0.29) is 23.8 Å². The Hall–Kier alpha value is -1.14. The Kier molecular flexibility index (Phi) is 6.64. The highest BCUT2D eigenvalue weighted by Gasteiger charge is 2.29. The smallest absolute Gasteiger partial charge is 0.234 e. The lowest BCUT2D eigenvalue weighted by atomic mass is 9.98. The highest BCUT2D eigenvalue weighted by atomic mass is 16.5. The third-order valence-corrected chi connectivity index (χ3v) is 4.64. The summed E-state index contributed by atoms with van der Waals surface area (Å²) in [5.74, 6) is 0.486. The van der Waals surface area contributed by atoms with Crippen LogP contribution in [0.5, 0.6) is 0 Å². The van der Waals surface area contributed by atoms with Crippen LogP contribution in [-0.4, -0.2) is 73.6 Å². The van der Waals surface area contributed by atoms with Gasteiger partial charge in [-0.2, -0.15) is 0 Å². The van der Waals surface area contributed by atoms with Gasteiger partial charge in [-0.05, 0) is 26.2 Å². The summed E-state index contributed by atoms with van der Waals surface area (Å²) in [6.07, 6.45) is 2.63.